The van der Waals surface area contributed by atoms with Crippen molar-refractivity contribution in [3.63, 3.8) is 0 Å². The van der Waals surface area contributed by atoms with E-state index in [1.807, 2.05) is 0 Å². The lowest BCUT2D eigenvalue weighted by atomic mass is 10.1. The van der Waals surface area contributed by atoms with E-state index < -0.39 is 29.8 Å². The zero-order valence-corrected chi connectivity index (χ0v) is 11.8. The number of carbonyl (C=O) groups is 1. The molecule has 1 rings (SSSR count). The van der Waals surface area contributed by atoms with Crippen LogP contribution in [0.5, 0.6) is 0 Å². The molecule has 1 unspecified atom stereocenters. The summed E-state index contributed by atoms with van der Waals surface area (Å²) in [6, 6.07) is 4.84. The number of hydrogen-bond donors (Lipinski definition) is 0. The minimum absolute atomic E-state index is 0.258. The Morgan fingerprint density at radius 1 is 1.40 bits per heavy atom. The molecule has 0 aliphatic carbocycles. The number of rotatable bonds is 5. The van der Waals surface area contributed by atoms with Gasteiger partial charge in [0, 0.05) is 6.61 Å². The fourth-order valence-corrected chi connectivity index (χ4v) is 1.97. The minimum Gasteiger partial charge on any atom is -0.359 e. The van der Waals surface area contributed by atoms with Gasteiger partial charge in [0.05, 0.1) is 11.3 Å². The van der Waals surface area contributed by atoms with E-state index in [2.05, 4.69) is 0 Å². The summed E-state index contributed by atoms with van der Waals surface area (Å²) in [6.07, 6.45) is -5.40. The molecule has 20 heavy (non-hydrogen) atoms. The van der Waals surface area contributed by atoms with E-state index in [0.717, 1.165) is 11.0 Å². The number of nitrogens with zero attached hydrogens (tertiary/aromatic N) is 1. The molecule has 3 nitrogen and oxygen atoms in total. The van der Waals surface area contributed by atoms with Crippen molar-refractivity contribution in [3.05, 3.63) is 29.8 Å². The van der Waals surface area contributed by atoms with Gasteiger partial charge in [0.15, 0.2) is 0 Å². The summed E-state index contributed by atoms with van der Waals surface area (Å²) in [5.74, 6) is -1.08. The maximum atomic E-state index is 13.0. The smallest absolute Gasteiger partial charge is 0.359 e. The number of halogens is 4. The third-order valence-corrected chi connectivity index (χ3v) is 2.85. The predicted molar refractivity (Wildman–Crippen MR) is 70.7 cm³/mol. The average molecular weight is 310 g/mol. The summed E-state index contributed by atoms with van der Waals surface area (Å²) in [7, 11) is 0. The Morgan fingerprint density at radius 2 is 2.00 bits per heavy atom. The van der Waals surface area contributed by atoms with E-state index in [9.17, 15) is 18.0 Å². The summed E-state index contributed by atoms with van der Waals surface area (Å²) in [5.41, 5.74) is -1.16. The SMILES string of the molecule is CCOC(C)N(C(=O)CCl)c1ccccc1C(F)(F)F. The van der Waals surface area contributed by atoms with Crippen LogP contribution in [0.2, 0.25) is 0 Å². The van der Waals surface area contributed by atoms with Crippen LogP contribution >= 0.6 is 11.6 Å². The fraction of sp³-hybridized carbons (Fsp3) is 0.462. The van der Waals surface area contributed by atoms with Gasteiger partial charge in [-0.15, -0.1) is 11.6 Å². The molecule has 0 bridgehead atoms. The van der Waals surface area contributed by atoms with Gasteiger partial charge in [0.2, 0.25) is 5.91 Å². The van der Waals surface area contributed by atoms with Gasteiger partial charge in [0.25, 0.3) is 0 Å². The second kappa shape index (κ2) is 6.95. The highest BCUT2D eigenvalue weighted by Gasteiger charge is 2.36. The normalized spacial score (nSPS) is 13.1. The first-order chi connectivity index (χ1) is 9.32. The average Bonchev–Trinajstić information content (AvgIpc) is 2.38. The number of anilines is 1. The Bertz CT molecular complexity index is 465. The van der Waals surface area contributed by atoms with E-state index in [0.29, 0.717) is 0 Å². The van der Waals surface area contributed by atoms with Gasteiger partial charge >= 0.3 is 6.18 Å². The molecule has 1 aromatic carbocycles. The van der Waals surface area contributed by atoms with Crippen molar-refractivity contribution in [1.29, 1.82) is 0 Å². The molecular formula is C13H15ClF3NO2. The van der Waals surface area contributed by atoms with Gasteiger partial charge in [-0.3, -0.25) is 9.69 Å². The van der Waals surface area contributed by atoms with Crippen LogP contribution in [0.15, 0.2) is 24.3 Å². The van der Waals surface area contributed by atoms with Crippen LogP contribution in [0.4, 0.5) is 18.9 Å². The fourth-order valence-electron chi connectivity index (χ4n) is 1.84. The third kappa shape index (κ3) is 3.86. The highest BCUT2D eigenvalue weighted by Crippen LogP contribution is 2.37. The molecule has 1 aromatic rings. The van der Waals surface area contributed by atoms with E-state index in [1.165, 1.54) is 25.1 Å². The minimum atomic E-state index is -4.56. The van der Waals surface area contributed by atoms with Crippen molar-refractivity contribution in [3.8, 4) is 0 Å². The third-order valence-electron chi connectivity index (χ3n) is 2.62. The van der Waals surface area contributed by atoms with Crippen molar-refractivity contribution in [2.45, 2.75) is 26.3 Å². The van der Waals surface area contributed by atoms with Gasteiger partial charge in [-0.05, 0) is 26.0 Å². The van der Waals surface area contributed by atoms with Gasteiger partial charge in [0.1, 0.15) is 12.1 Å². The van der Waals surface area contributed by atoms with Crippen LogP contribution < -0.4 is 4.90 Å². The first kappa shape index (κ1) is 16.8. The summed E-state index contributed by atoms with van der Waals surface area (Å²) < 4.78 is 44.3. The predicted octanol–water partition coefficient (Wildman–Crippen LogP) is 3.66. The summed E-state index contributed by atoms with van der Waals surface area (Å²) in [6.45, 7) is 3.46. The number of amides is 1. The lowest BCUT2D eigenvalue weighted by Crippen LogP contribution is -2.42. The first-order valence-electron chi connectivity index (χ1n) is 5.98. The number of ether oxygens (including phenoxy) is 1. The molecule has 0 aliphatic heterocycles. The lowest BCUT2D eigenvalue weighted by molar-refractivity contribution is -0.137. The van der Waals surface area contributed by atoms with Crippen LogP contribution in [0.1, 0.15) is 19.4 Å². The second-order valence-electron chi connectivity index (χ2n) is 3.97. The monoisotopic (exact) mass is 309 g/mol. The number of para-hydroxylation sites is 1. The highest BCUT2D eigenvalue weighted by atomic mass is 35.5. The van der Waals surface area contributed by atoms with Gasteiger partial charge in [-0.25, -0.2) is 0 Å². The summed E-state index contributed by atoms with van der Waals surface area (Å²) in [4.78, 5) is 12.8. The molecule has 0 saturated carbocycles. The number of benzene rings is 1. The van der Waals surface area contributed by atoms with Crippen molar-refractivity contribution in [2.24, 2.45) is 0 Å². The summed E-state index contributed by atoms with van der Waals surface area (Å²) in [5, 5.41) is 0. The Kier molecular flexibility index (Phi) is 5.83. The molecule has 0 aliphatic rings. The van der Waals surface area contributed by atoms with Crippen molar-refractivity contribution in [2.75, 3.05) is 17.4 Å². The molecule has 1 amide bonds. The van der Waals surface area contributed by atoms with E-state index in [-0.39, 0.29) is 12.3 Å². The van der Waals surface area contributed by atoms with Crippen molar-refractivity contribution in [1.82, 2.24) is 0 Å². The molecular weight excluding hydrogens is 295 g/mol. The molecule has 0 fully saturated rings. The maximum absolute atomic E-state index is 13.0. The molecule has 0 saturated heterocycles. The largest absolute Gasteiger partial charge is 0.418 e. The van der Waals surface area contributed by atoms with E-state index >= 15 is 0 Å². The van der Waals surface area contributed by atoms with Crippen LogP contribution in [-0.4, -0.2) is 24.6 Å². The van der Waals surface area contributed by atoms with E-state index in [1.54, 1.807) is 6.92 Å². The van der Waals surface area contributed by atoms with Crippen LogP contribution in [-0.2, 0) is 15.7 Å². The van der Waals surface area contributed by atoms with Gasteiger partial charge < -0.3 is 4.74 Å². The molecule has 7 heteroatoms. The maximum Gasteiger partial charge on any atom is 0.418 e. The number of alkyl halides is 4. The second-order valence-corrected chi connectivity index (χ2v) is 4.23. The standard InChI is InChI=1S/C13H15ClF3NO2/c1-3-20-9(2)18(12(19)8-14)11-7-5-4-6-10(11)13(15,16)17/h4-7,9H,3,8H2,1-2H3. The molecule has 1 atom stereocenters. The van der Waals surface area contributed by atoms with Crippen LogP contribution in [0.25, 0.3) is 0 Å². The molecule has 0 radical (unpaired) electrons. The van der Waals surface area contributed by atoms with Gasteiger partial charge in [-0.2, -0.15) is 13.2 Å². The Morgan fingerprint density at radius 3 is 2.50 bits per heavy atom. The quantitative estimate of drug-likeness (QED) is 0.613. The van der Waals surface area contributed by atoms with Crippen molar-refractivity contribution < 1.29 is 22.7 Å². The van der Waals surface area contributed by atoms with Crippen LogP contribution in [0.3, 0.4) is 0 Å². The Labute approximate surface area is 120 Å². The number of hydrogen-bond acceptors (Lipinski definition) is 2. The van der Waals surface area contributed by atoms with Crippen LogP contribution in [0, 0.1) is 0 Å². The molecule has 0 spiro atoms. The topological polar surface area (TPSA) is 29.5 Å². The Hall–Kier alpha value is -1.27. The molecule has 112 valence electrons. The molecule has 0 aromatic heterocycles. The first-order valence-corrected chi connectivity index (χ1v) is 6.52. The highest BCUT2D eigenvalue weighted by molar-refractivity contribution is 6.29. The lowest BCUT2D eigenvalue weighted by Gasteiger charge is -2.30. The molecule has 0 heterocycles. The number of carbonyl (C=O) groups excluding carboxylic acids is 1. The van der Waals surface area contributed by atoms with Crippen molar-refractivity contribution >= 4 is 23.2 Å². The zero-order valence-electron chi connectivity index (χ0n) is 11.1. The van der Waals surface area contributed by atoms with E-state index in [4.69, 9.17) is 16.3 Å². The Balaban J connectivity index is 3.31. The zero-order chi connectivity index (χ0) is 15.3. The summed E-state index contributed by atoms with van der Waals surface area (Å²) >= 11 is 5.48. The molecule has 0 N–H and O–H groups in total. The van der Waals surface area contributed by atoms with Gasteiger partial charge in [-0.1, -0.05) is 12.1 Å².